The maximum Gasteiger partial charge on any atom is 0.273 e. The van der Waals surface area contributed by atoms with E-state index >= 15 is 0 Å². The first-order chi connectivity index (χ1) is 14.7. The molecule has 0 radical (unpaired) electrons. The van der Waals surface area contributed by atoms with Crippen LogP contribution in [0.5, 0.6) is 11.5 Å². The summed E-state index contributed by atoms with van der Waals surface area (Å²) in [5.41, 5.74) is 0.683. The normalized spacial score (nSPS) is 15.9. The van der Waals surface area contributed by atoms with Gasteiger partial charge in [-0.15, -0.1) is 0 Å². The van der Waals surface area contributed by atoms with Crippen LogP contribution >= 0.6 is 11.3 Å². The zero-order valence-electron chi connectivity index (χ0n) is 16.0. The van der Waals surface area contributed by atoms with Gasteiger partial charge in [0, 0.05) is 24.8 Å². The van der Waals surface area contributed by atoms with E-state index in [1.165, 1.54) is 22.2 Å². The van der Waals surface area contributed by atoms with Crippen molar-refractivity contribution in [2.75, 3.05) is 49.7 Å². The molecule has 10 nitrogen and oxygen atoms in total. The summed E-state index contributed by atoms with van der Waals surface area (Å²) in [6.07, 6.45) is 1.36. The Morgan fingerprint density at radius 1 is 1.13 bits per heavy atom. The van der Waals surface area contributed by atoms with Gasteiger partial charge in [0.1, 0.15) is 30.8 Å². The van der Waals surface area contributed by atoms with E-state index in [9.17, 15) is 9.59 Å². The molecule has 2 aliphatic rings. The summed E-state index contributed by atoms with van der Waals surface area (Å²) in [6, 6.07) is 5.18. The highest BCUT2D eigenvalue weighted by Gasteiger charge is 2.19. The Hall–Kier alpha value is -3.18. The average molecular weight is 429 g/mol. The summed E-state index contributed by atoms with van der Waals surface area (Å²) >= 11 is 1.29. The highest BCUT2D eigenvalue weighted by molar-refractivity contribution is 7.22. The molecular formula is C19H19N5O5S. The lowest BCUT2D eigenvalue weighted by molar-refractivity contribution is -0.116. The number of aromatic nitrogens is 3. The van der Waals surface area contributed by atoms with E-state index < -0.39 is 0 Å². The van der Waals surface area contributed by atoms with E-state index in [1.807, 2.05) is 0 Å². The predicted octanol–water partition coefficient (Wildman–Crippen LogP) is 1.10. The van der Waals surface area contributed by atoms with Crippen LogP contribution in [0.15, 0.2) is 29.3 Å². The lowest BCUT2D eigenvalue weighted by Crippen LogP contribution is -2.36. The minimum absolute atomic E-state index is 0.152. The van der Waals surface area contributed by atoms with Crippen LogP contribution in [0, 0.1) is 0 Å². The summed E-state index contributed by atoms with van der Waals surface area (Å²) in [4.78, 5) is 36.1. The Kier molecular flexibility index (Phi) is 4.97. The van der Waals surface area contributed by atoms with E-state index in [0.717, 1.165) is 18.2 Å². The number of hydrogen-bond acceptors (Lipinski definition) is 9. The number of nitrogens with one attached hydrogen (secondary N) is 1. The van der Waals surface area contributed by atoms with Crippen LogP contribution < -0.4 is 25.2 Å². The molecule has 5 rings (SSSR count). The zero-order valence-corrected chi connectivity index (χ0v) is 16.8. The molecule has 1 amide bonds. The molecule has 0 spiro atoms. The summed E-state index contributed by atoms with van der Waals surface area (Å²) < 4.78 is 18.1. The number of fused-ring (bicyclic) bond motifs is 2. The van der Waals surface area contributed by atoms with Crippen LogP contribution in [0.4, 0.5) is 10.8 Å². The Morgan fingerprint density at radius 3 is 2.77 bits per heavy atom. The summed E-state index contributed by atoms with van der Waals surface area (Å²) in [7, 11) is 0. The standard InChI is InChI=1S/C19H19N5O5S/c25-15(21-12-1-2-13-14(9-12)29-8-7-28-13)10-24-11-20-17-16(18(24)26)30-19(22-17)23-3-5-27-6-4-23/h1-2,9,11H,3-8,10H2,(H,21,25). The SMILES string of the molecule is O=C(Cn1cnc2nc(N3CCOCC3)sc2c1=O)Nc1ccc2c(c1)OCCO2. The van der Waals surface area contributed by atoms with Crippen molar-refractivity contribution in [3.8, 4) is 11.5 Å². The first-order valence-electron chi connectivity index (χ1n) is 9.55. The number of nitrogens with zero attached hydrogens (tertiary/aromatic N) is 4. The first kappa shape index (κ1) is 18.8. The average Bonchev–Trinajstić information content (AvgIpc) is 3.22. The number of carbonyl (C=O) groups is 1. The smallest absolute Gasteiger partial charge is 0.273 e. The molecule has 0 atom stereocenters. The van der Waals surface area contributed by atoms with E-state index in [0.29, 0.717) is 54.0 Å². The molecule has 30 heavy (non-hydrogen) atoms. The summed E-state index contributed by atoms with van der Waals surface area (Å²) in [5.74, 6) is 0.888. The highest BCUT2D eigenvalue weighted by atomic mass is 32.1. The van der Waals surface area contributed by atoms with Crippen molar-refractivity contribution in [2.45, 2.75) is 6.54 Å². The molecule has 156 valence electrons. The number of rotatable bonds is 4. The van der Waals surface area contributed by atoms with Gasteiger partial charge in [-0.05, 0) is 12.1 Å². The van der Waals surface area contributed by atoms with Crippen molar-refractivity contribution >= 4 is 38.4 Å². The van der Waals surface area contributed by atoms with Gasteiger partial charge in [0.25, 0.3) is 5.56 Å². The number of hydrogen-bond donors (Lipinski definition) is 1. The van der Waals surface area contributed by atoms with Crippen molar-refractivity contribution in [3.63, 3.8) is 0 Å². The highest BCUT2D eigenvalue weighted by Crippen LogP contribution is 2.32. The van der Waals surface area contributed by atoms with E-state index in [1.54, 1.807) is 18.2 Å². The molecule has 0 bridgehead atoms. The molecule has 2 aromatic heterocycles. The van der Waals surface area contributed by atoms with Gasteiger partial charge in [-0.25, -0.2) is 4.98 Å². The maximum absolute atomic E-state index is 12.8. The number of morpholine rings is 1. The van der Waals surface area contributed by atoms with Crippen molar-refractivity contribution < 1.29 is 19.0 Å². The van der Waals surface area contributed by atoms with E-state index in [4.69, 9.17) is 14.2 Å². The number of amides is 1. The number of carbonyl (C=O) groups excluding carboxylic acids is 1. The Morgan fingerprint density at radius 2 is 1.93 bits per heavy atom. The molecule has 1 N–H and O–H groups in total. The van der Waals surface area contributed by atoms with Crippen LogP contribution in [0.25, 0.3) is 10.3 Å². The molecule has 0 aliphatic carbocycles. The Balaban J connectivity index is 1.32. The Bertz CT molecular complexity index is 1150. The van der Waals surface area contributed by atoms with Gasteiger partial charge < -0.3 is 24.4 Å². The molecule has 1 saturated heterocycles. The Labute approximate surface area is 175 Å². The van der Waals surface area contributed by atoms with Crippen molar-refractivity contribution in [2.24, 2.45) is 0 Å². The quantitative estimate of drug-likeness (QED) is 0.657. The number of thiazole rings is 1. The maximum atomic E-state index is 12.8. The van der Waals surface area contributed by atoms with Crippen molar-refractivity contribution in [1.29, 1.82) is 0 Å². The monoisotopic (exact) mass is 429 g/mol. The fourth-order valence-electron chi connectivity index (χ4n) is 3.31. The van der Waals surface area contributed by atoms with Crippen LogP contribution in [0.2, 0.25) is 0 Å². The van der Waals surface area contributed by atoms with Gasteiger partial charge in [-0.3, -0.25) is 14.2 Å². The third kappa shape index (κ3) is 3.68. The van der Waals surface area contributed by atoms with E-state index in [-0.39, 0.29) is 18.0 Å². The molecule has 1 fully saturated rings. The molecule has 11 heteroatoms. The van der Waals surface area contributed by atoms with Crippen LogP contribution in [0.3, 0.4) is 0 Å². The third-order valence-corrected chi connectivity index (χ3v) is 5.89. The van der Waals surface area contributed by atoms with Gasteiger partial charge in [-0.2, -0.15) is 4.98 Å². The molecule has 1 aromatic carbocycles. The molecule has 2 aliphatic heterocycles. The predicted molar refractivity (Wildman–Crippen MR) is 111 cm³/mol. The molecule has 3 aromatic rings. The second-order valence-corrected chi connectivity index (χ2v) is 7.81. The van der Waals surface area contributed by atoms with Crippen LogP contribution in [-0.4, -0.2) is 60.0 Å². The largest absolute Gasteiger partial charge is 0.486 e. The second kappa shape index (κ2) is 7.92. The molecule has 0 unspecified atom stereocenters. The van der Waals surface area contributed by atoms with Crippen molar-refractivity contribution in [3.05, 3.63) is 34.9 Å². The summed E-state index contributed by atoms with van der Waals surface area (Å²) in [5, 5.41) is 3.52. The number of ether oxygens (including phenoxy) is 3. The number of benzene rings is 1. The van der Waals surface area contributed by atoms with Crippen molar-refractivity contribution in [1.82, 2.24) is 14.5 Å². The third-order valence-electron chi connectivity index (χ3n) is 4.79. The summed E-state index contributed by atoms with van der Waals surface area (Å²) in [6.45, 7) is 3.54. The van der Waals surface area contributed by atoms with Gasteiger partial charge in [0.15, 0.2) is 22.3 Å². The van der Waals surface area contributed by atoms with Crippen LogP contribution in [-0.2, 0) is 16.1 Å². The van der Waals surface area contributed by atoms with E-state index in [2.05, 4.69) is 20.2 Å². The molecule has 4 heterocycles. The fraction of sp³-hybridized carbons (Fsp3) is 0.368. The topological polar surface area (TPSA) is 108 Å². The minimum Gasteiger partial charge on any atom is -0.486 e. The lowest BCUT2D eigenvalue weighted by atomic mass is 10.2. The van der Waals surface area contributed by atoms with Gasteiger partial charge >= 0.3 is 0 Å². The zero-order chi connectivity index (χ0) is 20.5. The first-order valence-corrected chi connectivity index (χ1v) is 10.4. The lowest BCUT2D eigenvalue weighted by Gasteiger charge is -2.25. The fourth-order valence-corrected chi connectivity index (χ4v) is 4.33. The minimum atomic E-state index is -0.340. The van der Waals surface area contributed by atoms with Gasteiger partial charge in [0.05, 0.1) is 13.2 Å². The molecular weight excluding hydrogens is 410 g/mol. The van der Waals surface area contributed by atoms with Gasteiger partial charge in [0.2, 0.25) is 5.91 Å². The number of anilines is 2. The van der Waals surface area contributed by atoms with Crippen LogP contribution in [0.1, 0.15) is 0 Å². The molecule has 0 saturated carbocycles. The van der Waals surface area contributed by atoms with Gasteiger partial charge in [-0.1, -0.05) is 11.3 Å². The second-order valence-electron chi connectivity index (χ2n) is 6.83.